The molecule has 0 aliphatic heterocycles. The SMILES string of the molecule is CCN(CC)c1ccccc1-c1c(N(C)C)[c]c(N(C)C)cc1N(C)C. The normalized spacial score (nSPS) is 10.6. The van der Waals surface area contributed by atoms with Crippen molar-refractivity contribution in [2.45, 2.75) is 13.8 Å². The van der Waals surface area contributed by atoms with Gasteiger partial charge in [0, 0.05) is 89.6 Å². The molecule has 2 aromatic rings. The fourth-order valence-electron chi connectivity index (χ4n) is 3.26. The fraction of sp³-hybridized carbons (Fsp3) is 0.455. The molecule has 0 aliphatic carbocycles. The Morgan fingerprint density at radius 2 is 1.38 bits per heavy atom. The molecule has 2 aromatic carbocycles. The van der Waals surface area contributed by atoms with Gasteiger partial charge in [-0.25, -0.2) is 0 Å². The lowest BCUT2D eigenvalue weighted by atomic mass is 9.97. The summed E-state index contributed by atoms with van der Waals surface area (Å²) >= 11 is 0. The highest BCUT2D eigenvalue weighted by molar-refractivity contribution is 5.96. The van der Waals surface area contributed by atoms with Gasteiger partial charge < -0.3 is 19.6 Å². The number of anilines is 4. The Labute approximate surface area is 159 Å². The van der Waals surface area contributed by atoms with Crippen LogP contribution in [0.25, 0.3) is 11.1 Å². The maximum Gasteiger partial charge on any atom is 0.0564 e. The second-order valence-corrected chi connectivity index (χ2v) is 7.14. The van der Waals surface area contributed by atoms with E-state index in [1.54, 1.807) is 0 Å². The van der Waals surface area contributed by atoms with E-state index in [1.165, 1.54) is 22.5 Å². The summed E-state index contributed by atoms with van der Waals surface area (Å²) in [6.07, 6.45) is 0. The first-order chi connectivity index (χ1) is 12.3. The summed E-state index contributed by atoms with van der Waals surface area (Å²) in [5.41, 5.74) is 7.16. The van der Waals surface area contributed by atoms with Crippen molar-refractivity contribution in [1.82, 2.24) is 0 Å². The molecule has 0 saturated heterocycles. The number of nitrogens with zero attached hydrogens (tertiary/aromatic N) is 4. The fourth-order valence-corrected chi connectivity index (χ4v) is 3.26. The van der Waals surface area contributed by atoms with Crippen molar-refractivity contribution in [3.05, 3.63) is 36.4 Å². The van der Waals surface area contributed by atoms with Crippen LogP contribution in [0.4, 0.5) is 22.7 Å². The third kappa shape index (κ3) is 3.90. The molecule has 0 aromatic heterocycles. The highest BCUT2D eigenvalue weighted by Crippen LogP contribution is 2.44. The van der Waals surface area contributed by atoms with E-state index in [-0.39, 0.29) is 0 Å². The van der Waals surface area contributed by atoms with E-state index in [4.69, 9.17) is 0 Å². The van der Waals surface area contributed by atoms with Crippen LogP contribution in [0.2, 0.25) is 0 Å². The van der Waals surface area contributed by atoms with Gasteiger partial charge in [-0.1, -0.05) is 18.2 Å². The smallest absolute Gasteiger partial charge is 0.0564 e. The van der Waals surface area contributed by atoms with Crippen LogP contribution in [0.5, 0.6) is 0 Å². The third-order valence-corrected chi connectivity index (χ3v) is 4.70. The quantitative estimate of drug-likeness (QED) is 0.739. The number of hydrogen-bond acceptors (Lipinski definition) is 4. The summed E-state index contributed by atoms with van der Waals surface area (Å²) in [4.78, 5) is 8.88. The Bertz CT molecular complexity index is 702. The van der Waals surface area contributed by atoms with Gasteiger partial charge in [-0.3, -0.25) is 0 Å². The average molecular weight is 354 g/mol. The molecule has 0 saturated carbocycles. The minimum Gasteiger partial charge on any atom is -0.377 e. The van der Waals surface area contributed by atoms with Gasteiger partial charge in [-0.2, -0.15) is 0 Å². The van der Waals surface area contributed by atoms with Crippen molar-refractivity contribution in [1.29, 1.82) is 0 Å². The van der Waals surface area contributed by atoms with Gasteiger partial charge in [0.2, 0.25) is 0 Å². The van der Waals surface area contributed by atoms with E-state index >= 15 is 0 Å². The monoisotopic (exact) mass is 353 g/mol. The lowest BCUT2D eigenvalue weighted by Crippen LogP contribution is -2.23. The van der Waals surface area contributed by atoms with Crippen molar-refractivity contribution in [3.8, 4) is 11.1 Å². The largest absolute Gasteiger partial charge is 0.377 e. The Kier molecular flexibility index (Phi) is 6.41. The van der Waals surface area contributed by atoms with E-state index in [1.807, 2.05) is 0 Å². The molecule has 0 unspecified atom stereocenters. The van der Waals surface area contributed by atoms with Gasteiger partial charge in [-0.05, 0) is 26.0 Å². The molecule has 4 nitrogen and oxygen atoms in total. The van der Waals surface area contributed by atoms with E-state index < -0.39 is 0 Å². The predicted octanol–water partition coefficient (Wildman–Crippen LogP) is 4.20. The van der Waals surface area contributed by atoms with Gasteiger partial charge in [0.15, 0.2) is 0 Å². The molecule has 4 heteroatoms. The van der Waals surface area contributed by atoms with Crippen LogP contribution in [-0.2, 0) is 0 Å². The van der Waals surface area contributed by atoms with E-state index in [0.29, 0.717) is 0 Å². The molecule has 0 amide bonds. The van der Waals surface area contributed by atoms with Crippen LogP contribution in [0.1, 0.15) is 13.8 Å². The van der Waals surface area contributed by atoms with Gasteiger partial charge in [0.05, 0.1) is 5.69 Å². The van der Waals surface area contributed by atoms with Crippen LogP contribution in [0.15, 0.2) is 30.3 Å². The summed E-state index contributed by atoms with van der Waals surface area (Å²) in [5.74, 6) is 0. The highest BCUT2D eigenvalue weighted by atomic mass is 15.1. The van der Waals surface area contributed by atoms with Crippen LogP contribution in [0.3, 0.4) is 0 Å². The summed E-state index contributed by atoms with van der Waals surface area (Å²) in [6.45, 7) is 6.39. The minimum atomic E-state index is 0.988. The Morgan fingerprint density at radius 1 is 0.769 bits per heavy atom. The first-order valence-corrected chi connectivity index (χ1v) is 9.28. The van der Waals surface area contributed by atoms with Crippen LogP contribution in [0, 0.1) is 6.07 Å². The Hall–Kier alpha value is -2.36. The molecule has 0 spiro atoms. The lowest BCUT2D eigenvalue weighted by molar-refractivity contribution is 0.867. The topological polar surface area (TPSA) is 13.0 Å². The van der Waals surface area contributed by atoms with Gasteiger partial charge in [0.25, 0.3) is 0 Å². The second kappa shape index (κ2) is 8.35. The molecular weight excluding hydrogens is 320 g/mol. The molecule has 0 N–H and O–H groups in total. The van der Waals surface area contributed by atoms with Crippen molar-refractivity contribution < 1.29 is 0 Å². The maximum absolute atomic E-state index is 3.61. The maximum atomic E-state index is 3.61. The zero-order chi connectivity index (χ0) is 19.4. The predicted molar refractivity (Wildman–Crippen MR) is 117 cm³/mol. The standard InChI is InChI=1S/C22H33N4/c1-9-26(10-2)19-14-12-11-13-18(19)22-20(24(5)6)15-17(23(3)4)16-21(22)25(7)8/h11-15H,9-10H2,1-8H3. The van der Waals surface area contributed by atoms with Crippen molar-refractivity contribution in [3.63, 3.8) is 0 Å². The molecule has 141 valence electrons. The first-order valence-electron chi connectivity index (χ1n) is 9.28. The number of rotatable bonds is 7. The molecule has 0 aliphatic rings. The number of para-hydroxylation sites is 1. The molecule has 1 radical (unpaired) electrons. The molecule has 26 heavy (non-hydrogen) atoms. The van der Waals surface area contributed by atoms with Crippen molar-refractivity contribution >= 4 is 22.7 Å². The summed E-state index contributed by atoms with van der Waals surface area (Å²) in [7, 11) is 12.5. The zero-order valence-corrected chi connectivity index (χ0v) is 17.6. The molecule has 0 atom stereocenters. The van der Waals surface area contributed by atoms with Gasteiger partial charge >= 0.3 is 0 Å². The summed E-state index contributed by atoms with van der Waals surface area (Å²) in [5, 5.41) is 0. The summed E-state index contributed by atoms with van der Waals surface area (Å²) < 4.78 is 0. The van der Waals surface area contributed by atoms with E-state index in [9.17, 15) is 0 Å². The Morgan fingerprint density at radius 3 is 1.88 bits per heavy atom. The van der Waals surface area contributed by atoms with Crippen molar-refractivity contribution in [2.24, 2.45) is 0 Å². The van der Waals surface area contributed by atoms with Gasteiger partial charge in [-0.15, -0.1) is 0 Å². The zero-order valence-electron chi connectivity index (χ0n) is 17.6. The first kappa shape index (κ1) is 20.0. The van der Waals surface area contributed by atoms with Crippen LogP contribution < -0.4 is 19.6 Å². The van der Waals surface area contributed by atoms with Gasteiger partial charge in [0.1, 0.15) is 0 Å². The minimum absolute atomic E-state index is 0.988. The second-order valence-electron chi connectivity index (χ2n) is 7.14. The number of hydrogen-bond donors (Lipinski definition) is 0. The van der Waals surface area contributed by atoms with E-state index in [0.717, 1.165) is 24.5 Å². The van der Waals surface area contributed by atoms with E-state index in [2.05, 4.69) is 112 Å². The molecule has 0 heterocycles. The van der Waals surface area contributed by atoms with Crippen molar-refractivity contribution in [2.75, 3.05) is 75.0 Å². The molecular formula is C22H33N4. The molecule has 2 rings (SSSR count). The Balaban J connectivity index is 2.85. The lowest BCUT2D eigenvalue weighted by Gasteiger charge is -2.30. The highest BCUT2D eigenvalue weighted by Gasteiger charge is 2.20. The van der Waals surface area contributed by atoms with Crippen LogP contribution in [-0.4, -0.2) is 55.4 Å². The third-order valence-electron chi connectivity index (χ3n) is 4.70. The van der Waals surface area contributed by atoms with Crippen LogP contribution >= 0.6 is 0 Å². The summed E-state index contributed by atoms with van der Waals surface area (Å²) in [6, 6.07) is 14.5. The number of benzene rings is 2. The molecule has 0 fully saturated rings. The average Bonchev–Trinajstić information content (AvgIpc) is 2.61. The molecule has 0 bridgehead atoms.